The lowest BCUT2D eigenvalue weighted by Gasteiger charge is -2.32. The van der Waals surface area contributed by atoms with Gasteiger partial charge >= 0.3 is 0 Å². The smallest absolute Gasteiger partial charge is 0.0101 e. The highest BCUT2D eigenvalue weighted by Gasteiger charge is 2.37. The highest BCUT2D eigenvalue weighted by molar-refractivity contribution is 4.93. The average molecular weight is 237 g/mol. The molecule has 0 heterocycles. The molecule has 0 aliphatic heterocycles. The minimum Gasteiger partial charge on any atom is -0.311 e. The first kappa shape index (κ1) is 13.4. The summed E-state index contributed by atoms with van der Waals surface area (Å²) in [6, 6.07) is 1.50. The van der Waals surface area contributed by atoms with Gasteiger partial charge in [0, 0.05) is 12.1 Å². The van der Waals surface area contributed by atoms with E-state index in [9.17, 15) is 0 Å². The maximum absolute atomic E-state index is 3.95. The molecule has 2 aliphatic rings. The monoisotopic (exact) mass is 237 g/mol. The van der Waals surface area contributed by atoms with Gasteiger partial charge < -0.3 is 5.32 Å². The molecule has 2 rings (SSSR count). The lowest BCUT2D eigenvalue weighted by Crippen LogP contribution is -2.43. The summed E-state index contributed by atoms with van der Waals surface area (Å²) in [6.07, 6.45) is 10.1. The van der Waals surface area contributed by atoms with Crippen molar-refractivity contribution in [3.63, 3.8) is 0 Å². The summed E-state index contributed by atoms with van der Waals surface area (Å²) in [7, 11) is 0. The zero-order valence-corrected chi connectivity index (χ0v) is 12.3. The second-order valence-electron chi connectivity index (χ2n) is 7.51. The van der Waals surface area contributed by atoms with Crippen LogP contribution in [-0.4, -0.2) is 12.1 Å². The molecule has 0 bridgehead atoms. The second kappa shape index (κ2) is 5.30. The molecule has 0 aromatic heterocycles. The molecule has 17 heavy (non-hydrogen) atoms. The average Bonchev–Trinajstić information content (AvgIpc) is 2.53. The minimum atomic E-state index is 0.559. The first-order valence-corrected chi connectivity index (χ1v) is 7.74. The fraction of sp³-hybridized carbons (Fsp3) is 1.00. The summed E-state index contributed by atoms with van der Waals surface area (Å²) in [6.45, 7) is 9.71. The second-order valence-corrected chi connectivity index (χ2v) is 7.51. The Bertz CT molecular complexity index is 240. The molecule has 1 heteroatoms. The van der Waals surface area contributed by atoms with E-state index in [2.05, 4.69) is 33.0 Å². The molecule has 0 radical (unpaired) electrons. The lowest BCUT2D eigenvalue weighted by atomic mass is 9.84. The molecule has 2 saturated carbocycles. The van der Waals surface area contributed by atoms with Crippen LogP contribution in [0.5, 0.6) is 0 Å². The number of hydrogen-bond donors (Lipinski definition) is 1. The van der Waals surface area contributed by atoms with Crippen LogP contribution in [0.3, 0.4) is 0 Å². The number of nitrogens with one attached hydrogen (secondary N) is 1. The Balaban J connectivity index is 1.83. The van der Waals surface area contributed by atoms with E-state index in [0.717, 1.165) is 23.9 Å². The van der Waals surface area contributed by atoms with Gasteiger partial charge in [-0.3, -0.25) is 0 Å². The Labute approximate surface area is 108 Å². The van der Waals surface area contributed by atoms with Crippen molar-refractivity contribution in [3.8, 4) is 0 Å². The van der Waals surface area contributed by atoms with E-state index in [1.807, 2.05) is 0 Å². The van der Waals surface area contributed by atoms with Crippen LogP contribution in [-0.2, 0) is 0 Å². The molecule has 0 aromatic rings. The van der Waals surface area contributed by atoms with E-state index in [0.29, 0.717) is 5.41 Å². The van der Waals surface area contributed by atoms with Gasteiger partial charge in [-0.2, -0.15) is 0 Å². The summed E-state index contributed by atoms with van der Waals surface area (Å²) in [5.41, 5.74) is 0.559. The van der Waals surface area contributed by atoms with Crippen LogP contribution >= 0.6 is 0 Å². The van der Waals surface area contributed by atoms with Crippen LogP contribution < -0.4 is 5.32 Å². The maximum atomic E-state index is 3.95. The third kappa shape index (κ3) is 3.47. The third-order valence-corrected chi connectivity index (χ3v) is 5.17. The van der Waals surface area contributed by atoms with E-state index in [-0.39, 0.29) is 0 Å². The first-order valence-electron chi connectivity index (χ1n) is 7.74. The van der Waals surface area contributed by atoms with Crippen molar-refractivity contribution in [1.29, 1.82) is 0 Å². The molecule has 2 aliphatic carbocycles. The van der Waals surface area contributed by atoms with Gasteiger partial charge in [0.25, 0.3) is 0 Å². The van der Waals surface area contributed by atoms with Crippen LogP contribution in [0.15, 0.2) is 0 Å². The van der Waals surface area contributed by atoms with Crippen LogP contribution in [0.25, 0.3) is 0 Å². The van der Waals surface area contributed by atoms with Crippen molar-refractivity contribution in [3.05, 3.63) is 0 Å². The van der Waals surface area contributed by atoms with E-state index in [1.54, 1.807) is 0 Å². The van der Waals surface area contributed by atoms with Gasteiger partial charge in [-0.25, -0.2) is 0 Å². The van der Waals surface area contributed by atoms with Gasteiger partial charge in [-0.15, -0.1) is 0 Å². The van der Waals surface area contributed by atoms with Gasteiger partial charge in [-0.05, 0) is 49.9 Å². The number of hydrogen-bond acceptors (Lipinski definition) is 1. The Kier molecular flexibility index (Phi) is 4.18. The topological polar surface area (TPSA) is 12.0 Å². The molecular weight excluding hydrogens is 206 g/mol. The molecule has 1 N–H and O–H groups in total. The van der Waals surface area contributed by atoms with Crippen LogP contribution in [0.2, 0.25) is 0 Å². The molecule has 0 spiro atoms. The molecular formula is C16H31N. The van der Waals surface area contributed by atoms with E-state index in [4.69, 9.17) is 0 Å². The van der Waals surface area contributed by atoms with Crippen molar-refractivity contribution in [2.45, 2.75) is 84.7 Å². The van der Waals surface area contributed by atoms with Gasteiger partial charge in [-0.1, -0.05) is 40.0 Å². The molecule has 3 unspecified atom stereocenters. The molecule has 0 amide bonds. The van der Waals surface area contributed by atoms with Gasteiger partial charge in [0.05, 0.1) is 0 Å². The Morgan fingerprint density at radius 3 is 2.24 bits per heavy atom. The number of rotatable bonds is 3. The van der Waals surface area contributed by atoms with Gasteiger partial charge in [0.2, 0.25) is 0 Å². The Morgan fingerprint density at radius 1 is 1.06 bits per heavy atom. The predicted octanol–water partition coefficient (Wildman–Crippen LogP) is 4.37. The van der Waals surface area contributed by atoms with E-state index < -0.39 is 0 Å². The van der Waals surface area contributed by atoms with Crippen molar-refractivity contribution < 1.29 is 0 Å². The van der Waals surface area contributed by atoms with Crippen LogP contribution in [0.4, 0.5) is 0 Å². The zero-order chi connectivity index (χ0) is 12.5. The molecule has 0 saturated heterocycles. The van der Waals surface area contributed by atoms with Crippen molar-refractivity contribution >= 4 is 0 Å². The molecule has 2 fully saturated rings. The standard InChI is InChI=1S/C16H31N/c1-12-10-16(3,4)11-15(12)17-13(2)14-8-6-5-7-9-14/h12-15,17H,5-11H2,1-4H3. The van der Waals surface area contributed by atoms with Gasteiger partial charge in [0.1, 0.15) is 0 Å². The summed E-state index contributed by atoms with van der Waals surface area (Å²) in [5.74, 6) is 1.80. The van der Waals surface area contributed by atoms with Crippen LogP contribution in [0.1, 0.15) is 72.6 Å². The Hall–Kier alpha value is -0.0400. The Morgan fingerprint density at radius 2 is 1.71 bits per heavy atom. The fourth-order valence-electron chi connectivity index (χ4n) is 4.22. The molecule has 3 atom stereocenters. The van der Waals surface area contributed by atoms with E-state index >= 15 is 0 Å². The lowest BCUT2D eigenvalue weighted by molar-refractivity contribution is 0.248. The third-order valence-electron chi connectivity index (χ3n) is 5.17. The minimum absolute atomic E-state index is 0.559. The predicted molar refractivity (Wildman–Crippen MR) is 75.1 cm³/mol. The summed E-state index contributed by atoms with van der Waals surface area (Å²) in [4.78, 5) is 0. The largest absolute Gasteiger partial charge is 0.311 e. The van der Waals surface area contributed by atoms with Crippen LogP contribution in [0, 0.1) is 17.3 Å². The first-order chi connectivity index (χ1) is 7.98. The molecule has 0 aromatic carbocycles. The summed E-state index contributed by atoms with van der Waals surface area (Å²) in [5, 5.41) is 3.95. The molecule has 1 nitrogen and oxygen atoms in total. The van der Waals surface area contributed by atoms with Gasteiger partial charge in [0.15, 0.2) is 0 Å². The normalized spacial score (nSPS) is 36.0. The van der Waals surface area contributed by atoms with E-state index in [1.165, 1.54) is 44.9 Å². The SMILES string of the molecule is CC1CC(C)(C)CC1NC(C)C1CCCCC1. The zero-order valence-electron chi connectivity index (χ0n) is 12.3. The quantitative estimate of drug-likeness (QED) is 0.768. The van der Waals surface area contributed by atoms with Crippen molar-refractivity contribution in [2.75, 3.05) is 0 Å². The highest BCUT2D eigenvalue weighted by Crippen LogP contribution is 2.41. The van der Waals surface area contributed by atoms with Crippen molar-refractivity contribution in [1.82, 2.24) is 5.32 Å². The highest BCUT2D eigenvalue weighted by atomic mass is 15.0. The maximum Gasteiger partial charge on any atom is 0.0101 e. The summed E-state index contributed by atoms with van der Waals surface area (Å²) >= 11 is 0. The molecule has 100 valence electrons. The van der Waals surface area contributed by atoms with Crippen molar-refractivity contribution in [2.24, 2.45) is 17.3 Å². The summed E-state index contributed by atoms with van der Waals surface area (Å²) < 4.78 is 0. The fourth-order valence-corrected chi connectivity index (χ4v) is 4.22.